The van der Waals surface area contributed by atoms with E-state index in [4.69, 9.17) is 27.3 Å². The van der Waals surface area contributed by atoms with Gasteiger partial charge in [0.2, 0.25) is 0 Å². The van der Waals surface area contributed by atoms with E-state index in [0.29, 0.717) is 11.4 Å². The number of benzene rings is 1. The highest BCUT2D eigenvalue weighted by molar-refractivity contribution is 6.51. The van der Waals surface area contributed by atoms with E-state index in [-0.39, 0.29) is 11.7 Å². The van der Waals surface area contributed by atoms with Gasteiger partial charge in [0.15, 0.2) is 0 Å². The molecule has 1 atom stereocenters. The fourth-order valence-corrected chi connectivity index (χ4v) is 2.50. The molecule has 16 heavy (non-hydrogen) atoms. The molecule has 1 saturated carbocycles. The van der Waals surface area contributed by atoms with Gasteiger partial charge in [-0.05, 0) is 23.3 Å². The van der Waals surface area contributed by atoms with Crippen molar-refractivity contribution in [2.24, 2.45) is 0 Å². The summed E-state index contributed by atoms with van der Waals surface area (Å²) in [4.78, 5) is 12.1. The molecule has 0 amide bonds. The van der Waals surface area contributed by atoms with Crippen LogP contribution in [0, 0.1) is 0 Å². The number of hydrogen-bond acceptors (Lipinski definition) is 1. The Bertz CT molecular complexity index is 417. The summed E-state index contributed by atoms with van der Waals surface area (Å²) in [5.74, 6) is -0.357. The van der Waals surface area contributed by atoms with Crippen LogP contribution >= 0.6 is 11.6 Å². The predicted molar refractivity (Wildman–Crippen MR) is 67.3 cm³/mol. The average molecular weight is 228 g/mol. The molecule has 78 valence electrons. The molecule has 4 heteroatoms. The topological polar surface area (TPSA) is 17.1 Å². The van der Waals surface area contributed by atoms with E-state index in [9.17, 15) is 4.79 Å². The first-order valence-corrected chi connectivity index (χ1v) is 5.76. The van der Waals surface area contributed by atoms with Crippen LogP contribution in [0.3, 0.4) is 0 Å². The Balaban J connectivity index is 2.35. The molecule has 1 aliphatic rings. The molecule has 1 aromatic carbocycles. The van der Waals surface area contributed by atoms with E-state index in [1.54, 1.807) is 6.07 Å². The summed E-state index contributed by atoms with van der Waals surface area (Å²) in [7, 11) is 11.6. The number of ketones is 1. The Hall–Kier alpha value is -0.690. The summed E-state index contributed by atoms with van der Waals surface area (Å²) in [6.45, 7) is 0. The minimum Gasteiger partial charge on any atom is -0.300 e. The molecule has 0 N–H and O–H groups in total. The van der Waals surface area contributed by atoms with Crippen molar-refractivity contribution >= 4 is 33.1 Å². The van der Waals surface area contributed by atoms with Gasteiger partial charge in [0.05, 0.1) is 15.7 Å². The molecule has 0 aromatic heterocycles. The summed E-state index contributed by atoms with van der Waals surface area (Å²) in [6.07, 6.45) is 2.18. The van der Waals surface area contributed by atoms with Gasteiger partial charge in [-0.3, -0.25) is 0 Å². The van der Waals surface area contributed by atoms with Crippen molar-refractivity contribution in [3.8, 4) is 0 Å². The summed E-state index contributed by atoms with van der Waals surface area (Å²) >= 11 is 6.08. The second-order valence-electron chi connectivity index (χ2n) is 4.37. The number of carbonyl (C=O) groups is 1. The Morgan fingerprint density at radius 3 is 2.69 bits per heavy atom. The monoisotopic (exact) mass is 228 g/mol. The van der Waals surface area contributed by atoms with Crippen LogP contribution in [0.4, 0.5) is 0 Å². The molecule has 4 radical (unpaired) electrons. The average Bonchev–Trinajstić information content (AvgIpc) is 2.23. The maximum absolute atomic E-state index is 12.1. The second-order valence-corrected chi connectivity index (χ2v) is 4.78. The van der Waals surface area contributed by atoms with E-state index >= 15 is 0 Å². The van der Waals surface area contributed by atoms with Crippen molar-refractivity contribution in [3.05, 3.63) is 34.9 Å². The molecule has 0 spiro atoms. The minimum absolute atomic E-state index is 0.105. The lowest BCUT2D eigenvalue weighted by Crippen LogP contribution is -2.34. The largest absolute Gasteiger partial charge is 0.300 e. The van der Waals surface area contributed by atoms with Crippen molar-refractivity contribution < 1.29 is 4.79 Å². The van der Waals surface area contributed by atoms with E-state index in [1.807, 2.05) is 18.2 Å². The van der Waals surface area contributed by atoms with Gasteiger partial charge in [0.1, 0.15) is 5.78 Å². The summed E-state index contributed by atoms with van der Waals surface area (Å²) < 4.78 is 0. The van der Waals surface area contributed by atoms with Crippen molar-refractivity contribution in [2.45, 2.75) is 30.4 Å². The molecule has 0 bridgehead atoms. The molecule has 0 heterocycles. The highest BCUT2D eigenvalue weighted by Gasteiger charge is 2.37. The lowest BCUT2D eigenvalue weighted by molar-refractivity contribution is -0.122. The third-order valence-electron chi connectivity index (χ3n) is 3.14. The Labute approximate surface area is 103 Å². The first-order valence-electron chi connectivity index (χ1n) is 5.39. The van der Waals surface area contributed by atoms with Gasteiger partial charge in [0.25, 0.3) is 0 Å². The summed E-state index contributed by atoms with van der Waals surface area (Å²) in [5, 5.41) is -0.583. The lowest BCUT2D eigenvalue weighted by atomic mass is 9.46. The van der Waals surface area contributed by atoms with Crippen LogP contribution in [-0.2, 0) is 4.79 Å². The van der Waals surface area contributed by atoms with Gasteiger partial charge in [0, 0.05) is 10.9 Å². The maximum Gasteiger partial charge on any atom is 0.129 e. The number of hydrogen-bond donors (Lipinski definition) is 0. The van der Waals surface area contributed by atoms with E-state index in [2.05, 4.69) is 0 Å². The smallest absolute Gasteiger partial charge is 0.129 e. The van der Waals surface area contributed by atoms with Crippen molar-refractivity contribution in [2.75, 3.05) is 0 Å². The van der Waals surface area contributed by atoms with E-state index < -0.39 is 5.21 Å². The Kier molecular flexibility index (Phi) is 3.16. The van der Waals surface area contributed by atoms with Gasteiger partial charge < -0.3 is 4.79 Å². The van der Waals surface area contributed by atoms with Crippen LogP contribution < -0.4 is 0 Å². The van der Waals surface area contributed by atoms with Gasteiger partial charge in [-0.1, -0.05) is 42.6 Å². The fraction of sp³-hybridized carbons (Fsp3) is 0.417. The van der Waals surface area contributed by atoms with E-state index in [1.165, 1.54) is 0 Å². The van der Waals surface area contributed by atoms with Crippen molar-refractivity contribution in [1.82, 2.24) is 0 Å². The first-order chi connectivity index (χ1) is 7.52. The third-order valence-corrected chi connectivity index (χ3v) is 3.48. The molecular formula is C12H11B2ClO. The third kappa shape index (κ3) is 2.06. The SMILES string of the molecule is [B]C1([B])CCCC(c2ccccc2Cl)C1=O. The molecule has 1 fully saturated rings. The highest BCUT2D eigenvalue weighted by atomic mass is 35.5. The Morgan fingerprint density at radius 2 is 2.00 bits per heavy atom. The molecule has 2 rings (SSSR count). The number of Topliss-reactive ketones (excluding diaryl/α,β-unsaturated/α-hetero) is 1. The van der Waals surface area contributed by atoms with Crippen molar-refractivity contribution in [3.63, 3.8) is 0 Å². The summed E-state index contributed by atoms with van der Waals surface area (Å²) in [6, 6.07) is 7.37. The first kappa shape index (κ1) is 11.8. The van der Waals surface area contributed by atoms with Gasteiger partial charge in [-0.2, -0.15) is 0 Å². The fourth-order valence-electron chi connectivity index (χ4n) is 2.23. The predicted octanol–water partition coefficient (Wildman–Crippen LogP) is 2.63. The highest BCUT2D eigenvalue weighted by Crippen LogP contribution is 2.42. The molecule has 1 nitrogen and oxygen atoms in total. The lowest BCUT2D eigenvalue weighted by Gasteiger charge is -2.35. The molecular weight excluding hydrogens is 217 g/mol. The second kappa shape index (κ2) is 4.29. The number of carbonyl (C=O) groups excluding carboxylic acids is 1. The number of rotatable bonds is 1. The van der Waals surface area contributed by atoms with Crippen LogP contribution in [-0.4, -0.2) is 21.5 Å². The minimum atomic E-state index is -1.19. The van der Waals surface area contributed by atoms with Crippen LogP contribution in [0.2, 0.25) is 10.2 Å². The maximum atomic E-state index is 12.1. The zero-order valence-corrected chi connectivity index (χ0v) is 9.70. The standard InChI is InChI=1S/C12H11B2ClO/c13-12(14)7-3-5-9(11(12)16)8-4-1-2-6-10(8)15/h1-2,4,6,9H,3,5,7H2. The van der Waals surface area contributed by atoms with Crippen molar-refractivity contribution in [1.29, 1.82) is 0 Å². The molecule has 0 saturated heterocycles. The van der Waals surface area contributed by atoms with Crippen LogP contribution in [0.25, 0.3) is 0 Å². The number of halogens is 1. The zero-order valence-electron chi connectivity index (χ0n) is 8.95. The van der Waals surface area contributed by atoms with Gasteiger partial charge in [-0.15, -0.1) is 0 Å². The van der Waals surface area contributed by atoms with Crippen LogP contribution in [0.1, 0.15) is 30.7 Å². The quantitative estimate of drug-likeness (QED) is 0.675. The molecule has 1 unspecified atom stereocenters. The van der Waals surface area contributed by atoms with Gasteiger partial charge >= 0.3 is 0 Å². The molecule has 1 aromatic rings. The Morgan fingerprint density at radius 1 is 1.31 bits per heavy atom. The summed E-state index contributed by atoms with van der Waals surface area (Å²) in [5.41, 5.74) is 0.842. The van der Waals surface area contributed by atoms with E-state index in [0.717, 1.165) is 18.4 Å². The zero-order chi connectivity index (χ0) is 11.8. The van der Waals surface area contributed by atoms with Crippen LogP contribution in [0.5, 0.6) is 0 Å². The molecule has 1 aliphatic carbocycles. The molecule has 0 aliphatic heterocycles. The van der Waals surface area contributed by atoms with Crippen LogP contribution in [0.15, 0.2) is 24.3 Å². The van der Waals surface area contributed by atoms with Gasteiger partial charge in [-0.25, -0.2) is 0 Å². The normalized spacial score (nSPS) is 24.3.